The van der Waals surface area contributed by atoms with Gasteiger partial charge in [-0.05, 0) is 41.4 Å². The summed E-state index contributed by atoms with van der Waals surface area (Å²) in [7, 11) is 0. The summed E-state index contributed by atoms with van der Waals surface area (Å²) < 4.78 is 14.2. The third-order valence-corrected chi connectivity index (χ3v) is 3.38. The van der Waals surface area contributed by atoms with Gasteiger partial charge in [0.05, 0.1) is 10.9 Å². The minimum atomic E-state index is -0.402. The zero-order valence-corrected chi connectivity index (χ0v) is 10.6. The molecule has 16 heavy (non-hydrogen) atoms. The SMILES string of the molecule is CCc1c(C)[nH]c2c(F)ccc(Br)c2c1=O. The number of aromatic nitrogens is 1. The lowest BCUT2D eigenvalue weighted by Crippen LogP contribution is -2.13. The molecule has 0 aliphatic rings. The second-order valence-electron chi connectivity index (χ2n) is 3.69. The first-order valence-electron chi connectivity index (χ1n) is 5.05. The number of benzene rings is 1. The van der Waals surface area contributed by atoms with Crippen molar-refractivity contribution in [2.45, 2.75) is 20.3 Å². The normalized spacial score (nSPS) is 11.0. The van der Waals surface area contributed by atoms with E-state index >= 15 is 0 Å². The van der Waals surface area contributed by atoms with Gasteiger partial charge in [-0.15, -0.1) is 0 Å². The number of aromatic amines is 1. The van der Waals surface area contributed by atoms with E-state index in [0.717, 1.165) is 5.69 Å². The molecule has 84 valence electrons. The molecule has 0 fully saturated rings. The molecule has 0 unspecified atom stereocenters. The monoisotopic (exact) mass is 283 g/mol. The standard InChI is InChI=1S/C12H11BrFNO/c1-3-7-6(2)15-11-9(14)5-4-8(13)10(11)12(7)16/h4-5H,3H2,1-2H3,(H,15,16). The van der Waals surface area contributed by atoms with E-state index in [1.165, 1.54) is 6.07 Å². The first-order chi connectivity index (χ1) is 7.56. The van der Waals surface area contributed by atoms with E-state index in [2.05, 4.69) is 20.9 Å². The molecule has 0 radical (unpaired) electrons. The van der Waals surface area contributed by atoms with Crippen molar-refractivity contribution in [1.82, 2.24) is 4.98 Å². The van der Waals surface area contributed by atoms with Crippen LogP contribution in [-0.2, 0) is 6.42 Å². The van der Waals surface area contributed by atoms with Gasteiger partial charge >= 0.3 is 0 Å². The van der Waals surface area contributed by atoms with Gasteiger partial charge in [0.15, 0.2) is 5.43 Å². The van der Waals surface area contributed by atoms with Crippen LogP contribution in [-0.4, -0.2) is 4.98 Å². The summed E-state index contributed by atoms with van der Waals surface area (Å²) in [5.41, 5.74) is 1.62. The Hall–Kier alpha value is -1.16. The van der Waals surface area contributed by atoms with Crippen molar-refractivity contribution >= 4 is 26.8 Å². The Morgan fingerprint density at radius 3 is 2.75 bits per heavy atom. The summed E-state index contributed by atoms with van der Waals surface area (Å²) in [6.07, 6.45) is 0.639. The molecule has 0 amide bonds. The van der Waals surface area contributed by atoms with Gasteiger partial charge in [-0.1, -0.05) is 6.92 Å². The van der Waals surface area contributed by atoms with Gasteiger partial charge < -0.3 is 4.98 Å². The third-order valence-electron chi connectivity index (χ3n) is 2.72. The van der Waals surface area contributed by atoms with Crippen molar-refractivity contribution in [2.75, 3.05) is 0 Å². The van der Waals surface area contributed by atoms with Crippen LogP contribution in [0.4, 0.5) is 4.39 Å². The molecular formula is C12H11BrFNO. The maximum Gasteiger partial charge on any atom is 0.194 e. The van der Waals surface area contributed by atoms with Crippen LogP contribution in [0, 0.1) is 12.7 Å². The van der Waals surface area contributed by atoms with Crippen LogP contribution in [0.2, 0.25) is 0 Å². The van der Waals surface area contributed by atoms with Gasteiger partial charge in [0.25, 0.3) is 0 Å². The lowest BCUT2D eigenvalue weighted by atomic mass is 10.1. The first-order valence-corrected chi connectivity index (χ1v) is 5.85. The number of rotatable bonds is 1. The average Bonchev–Trinajstić information content (AvgIpc) is 2.24. The molecule has 1 aromatic carbocycles. The predicted molar refractivity (Wildman–Crippen MR) is 66.3 cm³/mol. The zero-order valence-electron chi connectivity index (χ0n) is 9.03. The minimum Gasteiger partial charge on any atom is -0.356 e. The number of pyridine rings is 1. The molecule has 2 nitrogen and oxygen atoms in total. The quantitative estimate of drug-likeness (QED) is 0.856. The Balaban J connectivity index is 3.05. The molecule has 1 aromatic heterocycles. The Labute approximate surface area is 101 Å². The van der Waals surface area contributed by atoms with Gasteiger partial charge in [-0.3, -0.25) is 4.79 Å². The lowest BCUT2D eigenvalue weighted by molar-refractivity contribution is 0.636. The van der Waals surface area contributed by atoms with E-state index in [1.807, 2.05) is 6.92 Å². The number of nitrogens with one attached hydrogen (secondary N) is 1. The Morgan fingerprint density at radius 1 is 1.44 bits per heavy atom. The van der Waals surface area contributed by atoms with Crippen LogP contribution in [0.3, 0.4) is 0 Å². The minimum absolute atomic E-state index is 0.0971. The van der Waals surface area contributed by atoms with Crippen LogP contribution in [0.15, 0.2) is 21.4 Å². The van der Waals surface area contributed by atoms with Gasteiger partial charge in [0.1, 0.15) is 5.82 Å². The molecule has 4 heteroatoms. The largest absolute Gasteiger partial charge is 0.356 e. The molecule has 1 heterocycles. The van der Waals surface area contributed by atoms with Gasteiger partial charge in [0, 0.05) is 15.7 Å². The summed E-state index contributed by atoms with van der Waals surface area (Å²) in [6.45, 7) is 3.70. The number of H-pyrrole nitrogens is 1. The first kappa shape index (κ1) is 11.3. The van der Waals surface area contributed by atoms with Crippen molar-refractivity contribution in [2.24, 2.45) is 0 Å². The number of fused-ring (bicyclic) bond motifs is 1. The molecule has 0 aliphatic carbocycles. The zero-order chi connectivity index (χ0) is 11.9. The average molecular weight is 284 g/mol. The summed E-state index contributed by atoms with van der Waals surface area (Å²) >= 11 is 3.28. The molecule has 2 aromatic rings. The highest BCUT2D eigenvalue weighted by Crippen LogP contribution is 2.23. The number of aryl methyl sites for hydroxylation is 1. The van der Waals surface area contributed by atoms with Crippen LogP contribution in [0.5, 0.6) is 0 Å². The second-order valence-corrected chi connectivity index (χ2v) is 4.54. The van der Waals surface area contributed by atoms with E-state index in [1.54, 1.807) is 13.0 Å². The van der Waals surface area contributed by atoms with Crippen molar-refractivity contribution < 1.29 is 4.39 Å². The lowest BCUT2D eigenvalue weighted by Gasteiger charge is -2.07. The van der Waals surface area contributed by atoms with Crippen LogP contribution in [0.1, 0.15) is 18.2 Å². The summed E-state index contributed by atoms with van der Waals surface area (Å²) in [4.78, 5) is 15.1. The van der Waals surface area contributed by atoms with Crippen molar-refractivity contribution in [3.05, 3.63) is 43.9 Å². The van der Waals surface area contributed by atoms with Crippen LogP contribution >= 0.6 is 15.9 Å². The molecule has 0 bridgehead atoms. The highest BCUT2D eigenvalue weighted by Gasteiger charge is 2.13. The third kappa shape index (κ3) is 1.57. The molecular weight excluding hydrogens is 273 g/mol. The summed E-state index contributed by atoms with van der Waals surface area (Å²) in [5, 5.41) is 0.391. The molecule has 0 saturated heterocycles. The van der Waals surface area contributed by atoms with Crippen molar-refractivity contribution in [1.29, 1.82) is 0 Å². The van der Waals surface area contributed by atoms with E-state index < -0.39 is 5.82 Å². The van der Waals surface area contributed by atoms with Crippen molar-refractivity contribution in [3.63, 3.8) is 0 Å². The second kappa shape index (κ2) is 4.01. The molecule has 0 atom stereocenters. The predicted octanol–water partition coefficient (Wildman–Crippen LogP) is 3.30. The topological polar surface area (TPSA) is 32.9 Å². The highest BCUT2D eigenvalue weighted by molar-refractivity contribution is 9.10. The van der Waals surface area contributed by atoms with E-state index in [-0.39, 0.29) is 10.9 Å². The maximum atomic E-state index is 13.6. The fraction of sp³-hybridized carbons (Fsp3) is 0.250. The van der Waals surface area contributed by atoms with Crippen molar-refractivity contribution in [3.8, 4) is 0 Å². The van der Waals surface area contributed by atoms with E-state index in [9.17, 15) is 9.18 Å². The highest BCUT2D eigenvalue weighted by atomic mass is 79.9. The Bertz CT molecular complexity index is 618. The summed E-state index contributed by atoms with van der Waals surface area (Å²) in [6, 6.07) is 2.90. The fourth-order valence-electron chi connectivity index (χ4n) is 1.91. The number of hydrogen-bond acceptors (Lipinski definition) is 1. The fourth-order valence-corrected chi connectivity index (χ4v) is 2.42. The van der Waals surface area contributed by atoms with E-state index in [4.69, 9.17) is 0 Å². The number of halogens is 2. The van der Waals surface area contributed by atoms with E-state index in [0.29, 0.717) is 21.8 Å². The van der Waals surface area contributed by atoms with Gasteiger partial charge in [-0.25, -0.2) is 4.39 Å². The number of hydrogen-bond donors (Lipinski definition) is 1. The molecule has 1 N–H and O–H groups in total. The Morgan fingerprint density at radius 2 is 2.12 bits per heavy atom. The smallest absolute Gasteiger partial charge is 0.194 e. The summed E-state index contributed by atoms with van der Waals surface area (Å²) in [5.74, 6) is -0.402. The molecule has 2 rings (SSSR count). The molecule has 0 spiro atoms. The molecule has 0 saturated carbocycles. The van der Waals surface area contributed by atoms with Crippen LogP contribution < -0.4 is 5.43 Å². The van der Waals surface area contributed by atoms with Gasteiger partial charge in [0.2, 0.25) is 0 Å². The Kier molecular flexibility index (Phi) is 2.84. The molecule has 0 aliphatic heterocycles. The van der Waals surface area contributed by atoms with Gasteiger partial charge in [-0.2, -0.15) is 0 Å². The maximum absolute atomic E-state index is 13.6. The van der Waals surface area contributed by atoms with Crippen LogP contribution in [0.25, 0.3) is 10.9 Å².